The molecular weight excluding hydrogens is 593 g/mol. The summed E-state index contributed by atoms with van der Waals surface area (Å²) in [4.78, 5) is 27.9. The van der Waals surface area contributed by atoms with E-state index in [1.165, 1.54) is 36.7 Å². The fraction of sp³-hybridized carbons (Fsp3) is 0.276. The van der Waals surface area contributed by atoms with Crippen LogP contribution >= 0.6 is 11.5 Å². The van der Waals surface area contributed by atoms with Gasteiger partial charge in [0.15, 0.2) is 15.7 Å². The van der Waals surface area contributed by atoms with E-state index in [1.54, 1.807) is 30.3 Å². The Balaban J connectivity index is 1.34. The zero-order valence-electron chi connectivity index (χ0n) is 22.9. The second-order valence-electron chi connectivity index (χ2n) is 10.2. The molecule has 2 aromatic heterocycles. The summed E-state index contributed by atoms with van der Waals surface area (Å²) in [5, 5.41) is 4.69. The fourth-order valence-electron chi connectivity index (χ4n) is 5.08. The molecule has 43 heavy (non-hydrogen) atoms. The number of carbonyl (C=O) groups is 1. The lowest BCUT2D eigenvalue weighted by molar-refractivity contribution is 0.122. The SMILES string of the molecule is C=CC(c1ccc(F)cc1)S(=O)(=O)C1(c2cc(N3CCOCC3)nc(-c3ccc(NC(=O)Nc4ncns4)cc3)n2)CC1. The maximum absolute atomic E-state index is 14.2. The van der Waals surface area contributed by atoms with E-state index < -0.39 is 31.7 Å². The Bertz CT molecular complexity index is 1720. The van der Waals surface area contributed by atoms with Gasteiger partial charge in [0.25, 0.3) is 0 Å². The number of nitrogens with one attached hydrogen (secondary N) is 2. The van der Waals surface area contributed by atoms with Crippen molar-refractivity contribution in [3.63, 3.8) is 0 Å². The lowest BCUT2D eigenvalue weighted by atomic mass is 10.1. The summed E-state index contributed by atoms with van der Waals surface area (Å²) in [5.74, 6) is 0.530. The van der Waals surface area contributed by atoms with E-state index in [0.717, 1.165) is 11.5 Å². The Morgan fingerprint density at radius 3 is 2.42 bits per heavy atom. The molecule has 2 aliphatic rings. The Morgan fingerprint density at radius 1 is 1.07 bits per heavy atom. The van der Waals surface area contributed by atoms with E-state index >= 15 is 0 Å². The lowest BCUT2D eigenvalue weighted by Gasteiger charge is -2.29. The first-order valence-electron chi connectivity index (χ1n) is 13.6. The van der Waals surface area contributed by atoms with Crippen LogP contribution in [0.2, 0.25) is 0 Å². The summed E-state index contributed by atoms with van der Waals surface area (Å²) >= 11 is 1.06. The van der Waals surface area contributed by atoms with Gasteiger partial charge in [0, 0.05) is 41.9 Å². The minimum Gasteiger partial charge on any atom is -0.378 e. The maximum Gasteiger partial charge on any atom is 0.325 e. The molecule has 1 aliphatic heterocycles. The number of aromatic nitrogens is 4. The van der Waals surface area contributed by atoms with Crippen molar-refractivity contribution in [2.24, 2.45) is 0 Å². The molecule has 3 heterocycles. The van der Waals surface area contributed by atoms with E-state index in [1.807, 2.05) is 0 Å². The third-order valence-electron chi connectivity index (χ3n) is 7.49. The number of hydrogen-bond donors (Lipinski definition) is 2. The molecule has 6 rings (SSSR count). The minimum absolute atomic E-state index is 0.363. The van der Waals surface area contributed by atoms with Gasteiger partial charge in [-0.1, -0.05) is 18.2 Å². The molecule has 2 aromatic carbocycles. The molecule has 1 saturated heterocycles. The topological polar surface area (TPSA) is 139 Å². The summed E-state index contributed by atoms with van der Waals surface area (Å²) < 4.78 is 50.2. The molecule has 1 saturated carbocycles. The number of hydrogen-bond acceptors (Lipinski definition) is 10. The molecule has 4 aromatic rings. The third-order valence-corrected chi connectivity index (χ3v) is 10.9. The van der Waals surface area contributed by atoms with Crippen molar-refractivity contribution in [1.82, 2.24) is 19.3 Å². The quantitative estimate of drug-likeness (QED) is 0.249. The van der Waals surface area contributed by atoms with E-state index in [2.05, 4.69) is 31.5 Å². The van der Waals surface area contributed by atoms with Crippen LogP contribution in [0.25, 0.3) is 11.4 Å². The van der Waals surface area contributed by atoms with Crippen LogP contribution in [-0.4, -0.2) is 60.1 Å². The van der Waals surface area contributed by atoms with Gasteiger partial charge in [-0.05, 0) is 54.8 Å². The number of urea groups is 1. The van der Waals surface area contributed by atoms with Gasteiger partial charge in [0.2, 0.25) is 5.13 Å². The van der Waals surface area contributed by atoms with Gasteiger partial charge >= 0.3 is 6.03 Å². The second kappa shape index (κ2) is 11.8. The van der Waals surface area contributed by atoms with Crippen LogP contribution in [-0.2, 0) is 19.3 Å². The average Bonchev–Trinajstić information content (AvgIpc) is 3.70. The van der Waals surface area contributed by atoms with Crippen molar-refractivity contribution in [2.75, 3.05) is 41.8 Å². The molecule has 0 bridgehead atoms. The van der Waals surface area contributed by atoms with Crippen molar-refractivity contribution in [2.45, 2.75) is 22.8 Å². The number of halogens is 1. The molecule has 2 fully saturated rings. The maximum atomic E-state index is 14.2. The van der Waals surface area contributed by atoms with Crippen LogP contribution in [0.15, 0.2) is 73.6 Å². The van der Waals surface area contributed by atoms with E-state index in [4.69, 9.17) is 14.7 Å². The van der Waals surface area contributed by atoms with Crippen LogP contribution in [0.1, 0.15) is 29.3 Å². The summed E-state index contributed by atoms with van der Waals surface area (Å²) in [5.41, 5.74) is 2.04. The Morgan fingerprint density at radius 2 is 1.79 bits per heavy atom. The monoisotopic (exact) mass is 621 g/mol. The zero-order chi connectivity index (χ0) is 30.0. The number of nitrogens with zero attached hydrogens (tertiary/aromatic N) is 5. The molecule has 0 radical (unpaired) electrons. The molecule has 1 atom stereocenters. The van der Waals surface area contributed by atoms with Crippen LogP contribution in [0.5, 0.6) is 0 Å². The smallest absolute Gasteiger partial charge is 0.325 e. The average molecular weight is 622 g/mol. The minimum atomic E-state index is -3.88. The zero-order valence-corrected chi connectivity index (χ0v) is 24.6. The number of ether oxygens (including phenoxy) is 1. The Hall–Kier alpha value is -4.27. The molecule has 2 amide bonds. The summed E-state index contributed by atoms with van der Waals surface area (Å²) in [7, 11) is -3.88. The van der Waals surface area contributed by atoms with Crippen molar-refractivity contribution in [3.8, 4) is 11.4 Å². The number of benzene rings is 2. The van der Waals surface area contributed by atoms with Gasteiger partial charge in [0.1, 0.15) is 28.0 Å². The molecule has 2 N–H and O–H groups in total. The Labute approximate surface area is 252 Å². The van der Waals surface area contributed by atoms with Crippen molar-refractivity contribution >= 4 is 44.0 Å². The molecule has 1 unspecified atom stereocenters. The largest absolute Gasteiger partial charge is 0.378 e. The Kier molecular flexibility index (Phi) is 7.90. The highest BCUT2D eigenvalue weighted by atomic mass is 32.2. The highest BCUT2D eigenvalue weighted by Crippen LogP contribution is 2.56. The molecule has 14 heteroatoms. The first kappa shape index (κ1) is 28.8. The summed E-state index contributed by atoms with van der Waals surface area (Å²) in [6.45, 7) is 6.06. The predicted molar refractivity (Wildman–Crippen MR) is 162 cm³/mol. The van der Waals surface area contributed by atoms with Crippen LogP contribution in [0.4, 0.5) is 25.8 Å². The van der Waals surface area contributed by atoms with Gasteiger partial charge in [0.05, 0.1) is 18.9 Å². The highest BCUT2D eigenvalue weighted by Gasteiger charge is 2.59. The van der Waals surface area contributed by atoms with Gasteiger partial charge in [-0.2, -0.15) is 4.37 Å². The third kappa shape index (κ3) is 5.85. The molecule has 0 spiro atoms. The first-order chi connectivity index (χ1) is 20.8. The van der Waals surface area contributed by atoms with Crippen molar-refractivity contribution in [3.05, 3.63) is 90.7 Å². The normalized spacial score (nSPS) is 16.7. The van der Waals surface area contributed by atoms with Gasteiger partial charge in [-0.25, -0.2) is 32.6 Å². The van der Waals surface area contributed by atoms with Crippen LogP contribution in [0.3, 0.4) is 0 Å². The molecule has 11 nitrogen and oxygen atoms in total. The molecule has 1 aliphatic carbocycles. The first-order valence-corrected chi connectivity index (χ1v) is 15.9. The predicted octanol–water partition coefficient (Wildman–Crippen LogP) is 4.95. The molecule has 222 valence electrons. The van der Waals surface area contributed by atoms with Gasteiger partial charge in [-0.15, -0.1) is 6.58 Å². The van der Waals surface area contributed by atoms with E-state index in [0.29, 0.717) is 78.4 Å². The number of morpholine rings is 1. The van der Waals surface area contributed by atoms with Crippen molar-refractivity contribution in [1.29, 1.82) is 0 Å². The second-order valence-corrected chi connectivity index (χ2v) is 13.3. The summed E-state index contributed by atoms with van der Waals surface area (Å²) in [6, 6.07) is 13.7. The number of sulfone groups is 1. The molecular formula is C29H28FN7O4S2. The van der Waals surface area contributed by atoms with E-state index in [9.17, 15) is 17.6 Å². The summed E-state index contributed by atoms with van der Waals surface area (Å²) in [6.07, 6.45) is 3.53. The lowest BCUT2D eigenvalue weighted by Crippen LogP contribution is -2.37. The number of carbonyl (C=O) groups excluding carboxylic acids is 1. The van der Waals surface area contributed by atoms with Gasteiger partial charge in [-0.3, -0.25) is 5.32 Å². The van der Waals surface area contributed by atoms with Crippen LogP contribution in [0, 0.1) is 5.82 Å². The number of amides is 2. The standard InChI is InChI=1S/C29H28FN7O4S2/c1-2-23(19-3-7-21(30)8-4-19)43(39,40)29(11-12-29)24-17-25(37-13-15-41-16-14-37)35-26(34-24)20-5-9-22(10-6-20)33-27(38)36-28-31-18-32-42-28/h2-10,17-18,23H,1,11-16H2,(H2,31,32,33,36,38). The number of rotatable bonds is 9. The van der Waals surface area contributed by atoms with Crippen LogP contribution < -0.4 is 15.5 Å². The fourth-order valence-corrected chi connectivity index (χ4v) is 7.83. The van der Waals surface area contributed by atoms with Crippen molar-refractivity contribution < 1.29 is 22.3 Å². The van der Waals surface area contributed by atoms with Gasteiger partial charge < -0.3 is 15.0 Å². The highest BCUT2D eigenvalue weighted by molar-refractivity contribution is 7.93. The number of anilines is 3. The van der Waals surface area contributed by atoms with E-state index in [-0.39, 0.29) is 0 Å².